The first-order chi connectivity index (χ1) is 13.0. The van der Waals surface area contributed by atoms with Crippen molar-refractivity contribution in [3.8, 4) is 11.5 Å². The zero-order valence-electron chi connectivity index (χ0n) is 15.0. The Morgan fingerprint density at radius 2 is 1.78 bits per heavy atom. The molecule has 0 aliphatic carbocycles. The Morgan fingerprint density at radius 3 is 2.63 bits per heavy atom. The van der Waals surface area contributed by atoms with Gasteiger partial charge in [0.25, 0.3) is 5.01 Å². The molecule has 3 aromatic rings. The van der Waals surface area contributed by atoms with Gasteiger partial charge in [-0.2, -0.15) is 4.57 Å². The lowest BCUT2D eigenvalue weighted by molar-refractivity contribution is -0.642. The van der Waals surface area contributed by atoms with Crippen molar-refractivity contribution in [2.75, 3.05) is 11.9 Å². The van der Waals surface area contributed by atoms with Gasteiger partial charge in [-0.05, 0) is 30.3 Å². The Bertz CT molecular complexity index is 1110. The number of rotatable bonds is 3. The molecule has 2 aromatic carbocycles. The molecular weight excluding hydrogens is 376 g/mol. The van der Waals surface area contributed by atoms with E-state index in [2.05, 4.69) is 21.6 Å². The van der Waals surface area contributed by atoms with E-state index in [1.165, 1.54) is 0 Å². The third-order valence-corrected chi connectivity index (χ3v) is 6.73. The highest BCUT2D eigenvalue weighted by atomic mass is 32.2. The molecule has 1 aromatic heterocycles. The third-order valence-electron chi connectivity index (χ3n) is 4.40. The molecule has 2 heterocycles. The lowest BCUT2D eigenvalue weighted by Crippen LogP contribution is -2.28. The van der Waals surface area contributed by atoms with Crippen molar-refractivity contribution in [2.45, 2.75) is 4.90 Å². The number of anilines is 1. The average Bonchev–Trinajstić information content (AvgIpc) is 3.11. The lowest BCUT2D eigenvalue weighted by Gasteiger charge is -2.12. The number of hydrogen-bond acceptors (Lipinski definition) is 5. The van der Waals surface area contributed by atoms with Crippen molar-refractivity contribution < 1.29 is 14.8 Å². The highest BCUT2D eigenvalue weighted by Gasteiger charge is 2.21. The quantitative estimate of drug-likeness (QED) is 0.494. The molecule has 4 rings (SSSR count). The van der Waals surface area contributed by atoms with E-state index in [0.29, 0.717) is 11.5 Å². The lowest BCUT2D eigenvalue weighted by atomic mass is 10.3. The van der Waals surface area contributed by atoms with Crippen molar-refractivity contribution in [3.05, 3.63) is 70.7 Å². The predicted octanol–water partition coefficient (Wildman–Crippen LogP) is 4.79. The van der Waals surface area contributed by atoms with Crippen LogP contribution in [-0.2, 0) is 7.05 Å². The molecule has 0 saturated heterocycles. The molecule has 0 radical (unpaired) electrons. The number of aryl methyl sites for hydroxylation is 1. The predicted molar refractivity (Wildman–Crippen MR) is 113 cm³/mol. The summed E-state index contributed by atoms with van der Waals surface area (Å²) in [5, 5.41) is 21.5. The summed E-state index contributed by atoms with van der Waals surface area (Å²) in [6.07, 6.45) is 10.2. The van der Waals surface area contributed by atoms with E-state index < -0.39 is 0 Å². The topological polar surface area (TPSA) is 47.6 Å². The van der Waals surface area contributed by atoms with Gasteiger partial charge in [0, 0.05) is 30.2 Å². The maximum atomic E-state index is 9.62. The maximum Gasteiger partial charge on any atom is 0.262 e. The van der Waals surface area contributed by atoms with Crippen molar-refractivity contribution in [1.82, 2.24) is 0 Å². The number of benzene rings is 2. The van der Waals surface area contributed by atoms with Crippen LogP contribution in [0.15, 0.2) is 70.6 Å². The standard InChI is InChI=1S/C21H18N2O2S2/c1-22-16-10-8-14(24)12-18(16)26-20(22)6-4-3-5-7-21-23(2)17-11-9-15(25)13-19(17)27-21/h3-13H,1-2H3,(H-,24,25)/p+1. The van der Waals surface area contributed by atoms with Gasteiger partial charge in [-0.3, -0.25) is 0 Å². The van der Waals surface area contributed by atoms with Gasteiger partial charge in [0.1, 0.15) is 23.2 Å². The summed E-state index contributed by atoms with van der Waals surface area (Å²) in [6.45, 7) is 0. The average molecular weight is 396 g/mol. The number of phenolic OH excluding ortho intramolecular Hbond substituents is 2. The van der Waals surface area contributed by atoms with Crippen molar-refractivity contribution >= 4 is 45.1 Å². The van der Waals surface area contributed by atoms with Crippen LogP contribution in [0.5, 0.6) is 11.5 Å². The third kappa shape index (κ3) is 3.46. The number of fused-ring (bicyclic) bond motifs is 2. The zero-order valence-corrected chi connectivity index (χ0v) is 16.6. The second-order valence-electron chi connectivity index (χ2n) is 6.21. The van der Waals surface area contributed by atoms with E-state index in [9.17, 15) is 10.2 Å². The van der Waals surface area contributed by atoms with Crippen LogP contribution < -0.4 is 9.47 Å². The fourth-order valence-corrected chi connectivity index (χ4v) is 5.15. The summed E-state index contributed by atoms with van der Waals surface area (Å²) in [5.74, 6) is 0.581. The molecule has 0 amide bonds. The Balaban J connectivity index is 1.49. The van der Waals surface area contributed by atoms with Gasteiger partial charge >= 0.3 is 0 Å². The number of nitrogens with zero attached hydrogens (tertiary/aromatic N) is 2. The molecule has 0 bridgehead atoms. The van der Waals surface area contributed by atoms with Crippen LogP contribution in [0.25, 0.3) is 16.3 Å². The molecule has 136 valence electrons. The van der Waals surface area contributed by atoms with E-state index >= 15 is 0 Å². The second kappa shape index (κ2) is 7.13. The Hall–Kier alpha value is -2.70. The number of phenols is 2. The minimum absolute atomic E-state index is 0.291. The fraction of sp³-hybridized carbons (Fsp3) is 0.0952. The van der Waals surface area contributed by atoms with Crippen LogP contribution in [0.3, 0.4) is 0 Å². The molecule has 0 spiro atoms. The first-order valence-electron chi connectivity index (χ1n) is 8.44. The van der Waals surface area contributed by atoms with Crippen LogP contribution >= 0.6 is 23.1 Å². The Morgan fingerprint density at radius 1 is 1.00 bits per heavy atom. The van der Waals surface area contributed by atoms with E-state index in [4.69, 9.17) is 0 Å². The van der Waals surface area contributed by atoms with Crippen molar-refractivity contribution in [3.63, 3.8) is 0 Å². The SMILES string of the molecule is CN1/C(=C/C=C/C=C/c2sc3cc(O)ccc3[n+]2C)Sc2cc(O)ccc21. The maximum absolute atomic E-state index is 9.62. The molecule has 0 fully saturated rings. The minimum atomic E-state index is 0.291. The van der Waals surface area contributed by atoms with Crippen LogP contribution in [-0.4, -0.2) is 17.3 Å². The van der Waals surface area contributed by atoms with Crippen LogP contribution in [0, 0.1) is 0 Å². The molecule has 0 atom stereocenters. The van der Waals surface area contributed by atoms with Gasteiger partial charge in [0.2, 0.25) is 5.52 Å². The van der Waals surface area contributed by atoms with Crippen LogP contribution in [0.1, 0.15) is 5.01 Å². The van der Waals surface area contributed by atoms with Gasteiger partial charge in [0.05, 0.1) is 10.7 Å². The van der Waals surface area contributed by atoms with Crippen LogP contribution in [0.2, 0.25) is 0 Å². The van der Waals surface area contributed by atoms with Crippen molar-refractivity contribution in [2.24, 2.45) is 7.05 Å². The molecule has 27 heavy (non-hydrogen) atoms. The summed E-state index contributed by atoms with van der Waals surface area (Å²) in [5.41, 5.74) is 2.21. The number of thiazole rings is 1. The van der Waals surface area contributed by atoms with Gasteiger partial charge < -0.3 is 15.1 Å². The molecular formula is C21H19N2O2S2+. The highest BCUT2D eigenvalue weighted by Crippen LogP contribution is 2.46. The van der Waals surface area contributed by atoms with Crippen molar-refractivity contribution in [1.29, 1.82) is 0 Å². The Kier molecular flexibility index (Phi) is 4.68. The van der Waals surface area contributed by atoms with E-state index in [-0.39, 0.29) is 0 Å². The highest BCUT2D eigenvalue weighted by molar-refractivity contribution is 8.03. The van der Waals surface area contributed by atoms with E-state index in [0.717, 1.165) is 30.8 Å². The van der Waals surface area contributed by atoms with Gasteiger partial charge in [-0.25, -0.2) is 0 Å². The second-order valence-corrected chi connectivity index (χ2v) is 8.34. The number of allylic oxidation sites excluding steroid dienone is 4. The van der Waals surface area contributed by atoms with Crippen LogP contribution in [0.4, 0.5) is 5.69 Å². The normalized spacial score (nSPS) is 15.6. The summed E-state index contributed by atoms with van der Waals surface area (Å²) >= 11 is 3.29. The summed E-state index contributed by atoms with van der Waals surface area (Å²) in [7, 11) is 4.05. The molecule has 1 aliphatic rings. The van der Waals surface area contributed by atoms with Gasteiger partial charge in [-0.15, -0.1) is 0 Å². The minimum Gasteiger partial charge on any atom is -0.508 e. The number of hydrogen-bond donors (Lipinski definition) is 2. The van der Waals surface area contributed by atoms with Gasteiger partial charge in [0.15, 0.2) is 0 Å². The Labute approximate surface area is 166 Å². The first kappa shape index (κ1) is 17.7. The van der Waals surface area contributed by atoms with E-state index in [1.54, 1.807) is 47.4 Å². The van der Waals surface area contributed by atoms with E-state index in [1.807, 2.05) is 44.5 Å². The number of thioether (sulfide) groups is 1. The molecule has 2 N–H and O–H groups in total. The van der Waals surface area contributed by atoms with Gasteiger partial charge in [-0.1, -0.05) is 41.3 Å². The monoisotopic (exact) mass is 395 g/mol. The summed E-state index contributed by atoms with van der Waals surface area (Å²) < 4.78 is 3.18. The fourth-order valence-electron chi connectivity index (χ4n) is 2.95. The molecule has 0 saturated carbocycles. The summed E-state index contributed by atoms with van der Waals surface area (Å²) in [6, 6.07) is 10.9. The zero-order chi connectivity index (χ0) is 19.0. The first-order valence-corrected chi connectivity index (χ1v) is 10.1. The number of aromatic hydroxyl groups is 2. The number of aromatic nitrogens is 1. The molecule has 1 aliphatic heterocycles. The molecule has 0 unspecified atom stereocenters. The summed E-state index contributed by atoms with van der Waals surface area (Å²) in [4.78, 5) is 3.18. The largest absolute Gasteiger partial charge is 0.508 e. The smallest absolute Gasteiger partial charge is 0.262 e. The molecule has 4 nitrogen and oxygen atoms in total. The molecule has 6 heteroatoms.